The molecule has 1 saturated heterocycles. The zero-order valence-electron chi connectivity index (χ0n) is 9.84. The molecule has 1 heterocycles. The van der Waals surface area contributed by atoms with Crippen molar-refractivity contribution in [1.29, 1.82) is 0 Å². The van der Waals surface area contributed by atoms with Crippen LogP contribution in [0.25, 0.3) is 0 Å². The third-order valence-electron chi connectivity index (χ3n) is 2.44. The number of halogens is 1. The summed E-state index contributed by atoms with van der Waals surface area (Å²) >= 11 is 5.84. The molecule has 0 aliphatic carbocycles. The number of amides is 3. The topological polar surface area (TPSA) is 75.7 Å². The SMILES string of the molecule is O=C1CN(C(=O)C(Cl)Oc2ccccc2)CC(=O)N1. The van der Waals surface area contributed by atoms with Gasteiger partial charge in [0.2, 0.25) is 17.4 Å². The number of para-hydroxylation sites is 1. The van der Waals surface area contributed by atoms with Gasteiger partial charge in [-0.1, -0.05) is 29.8 Å². The second-order valence-corrected chi connectivity index (χ2v) is 4.31. The quantitative estimate of drug-likeness (QED) is 0.631. The van der Waals surface area contributed by atoms with Crippen molar-refractivity contribution in [2.75, 3.05) is 13.1 Å². The molecule has 2 rings (SSSR count). The molecule has 0 radical (unpaired) electrons. The van der Waals surface area contributed by atoms with Gasteiger partial charge in [-0.25, -0.2) is 0 Å². The zero-order valence-corrected chi connectivity index (χ0v) is 10.6. The number of benzene rings is 1. The first kappa shape index (κ1) is 13.4. The van der Waals surface area contributed by atoms with Crippen LogP contribution in [0.1, 0.15) is 0 Å². The molecule has 3 amide bonds. The van der Waals surface area contributed by atoms with Crippen molar-refractivity contribution in [1.82, 2.24) is 10.2 Å². The number of hydrogen-bond acceptors (Lipinski definition) is 4. The summed E-state index contributed by atoms with van der Waals surface area (Å²) in [4.78, 5) is 35.3. The lowest BCUT2D eigenvalue weighted by Crippen LogP contribution is -2.55. The van der Waals surface area contributed by atoms with Crippen LogP contribution in [0.2, 0.25) is 0 Å². The molecule has 0 bridgehead atoms. The van der Waals surface area contributed by atoms with E-state index in [0.29, 0.717) is 5.75 Å². The number of carbonyl (C=O) groups is 3. The zero-order chi connectivity index (χ0) is 13.8. The van der Waals surface area contributed by atoms with Crippen molar-refractivity contribution >= 4 is 29.3 Å². The van der Waals surface area contributed by atoms with Gasteiger partial charge in [0.15, 0.2) is 0 Å². The van der Waals surface area contributed by atoms with Crippen molar-refractivity contribution in [3.05, 3.63) is 30.3 Å². The molecular formula is C12H11ClN2O4. The Kier molecular flexibility index (Phi) is 4.01. The Labute approximate surface area is 114 Å². The number of ether oxygens (including phenoxy) is 1. The summed E-state index contributed by atoms with van der Waals surface area (Å²) < 4.78 is 5.23. The molecule has 0 aromatic heterocycles. The van der Waals surface area contributed by atoms with Crippen molar-refractivity contribution in [2.45, 2.75) is 5.56 Å². The van der Waals surface area contributed by atoms with E-state index in [1.54, 1.807) is 30.3 Å². The predicted octanol–water partition coefficient (Wildman–Crippen LogP) is 0.115. The van der Waals surface area contributed by atoms with Crippen molar-refractivity contribution < 1.29 is 19.1 Å². The van der Waals surface area contributed by atoms with Gasteiger partial charge in [0.25, 0.3) is 5.91 Å². The van der Waals surface area contributed by atoms with Crippen LogP contribution in [0.3, 0.4) is 0 Å². The van der Waals surface area contributed by atoms with Crippen LogP contribution in [-0.4, -0.2) is 41.3 Å². The predicted molar refractivity (Wildman–Crippen MR) is 66.4 cm³/mol. The van der Waals surface area contributed by atoms with Gasteiger partial charge in [-0.05, 0) is 12.1 Å². The summed E-state index contributed by atoms with van der Waals surface area (Å²) in [6, 6.07) is 8.57. The molecule has 1 aliphatic heterocycles. The minimum Gasteiger partial charge on any atom is -0.465 e. The monoisotopic (exact) mass is 282 g/mol. The second kappa shape index (κ2) is 5.71. The van der Waals surface area contributed by atoms with Crippen LogP contribution in [0.5, 0.6) is 5.75 Å². The summed E-state index contributed by atoms with van der Waals surface area (Å²) in [6.07, 6.45) is 0. The highest BCUT2D eigenvalue weighted by Crippen LogP contribution is 2.14. The van der Waals surface area contributed by atoms with E-state index in [-0.39, 0.29) is 13.1 Å². The molecule has 0 saturated carbocycles. The molecule has 1 N–H and O–H groups in total. The van der Waals surface area contributed by atoms with Gasteiger partial charge in [0, 0.05) is 0 Å². The Balaban J connectivity index is 1.99. The molecule has 6 nitrogen and oxygen atoms in total. The maximum Gasteiger partial charge on any atom is 0.280 e. The largest absolute Gasteiger partial charge is 0.465 e. The lowest BCUT2D eigenvalue weighted by atomic mass is 10.3. The molecule has 19 heavy (non-hydrogen) atoms. The van der Waals surface area contributed by atoms with Gasteiger partial charge in [-0.2, -0.15) is 0 Å². The number of alkyl halides is 1. The van der Waals surface area contributed by atoms with E-state index >= 15 is 0 Å². The minimum absolute atomic E-state index is 0.202. The van der Waals surface area contributed by atoms with Gasteiger partial charge in [-0.3, -0.25) is 19.7 Å². The summed E-state index contributed by atoms with van der Waals surface area (Å²) in [6.45, 7) is -0.405. The number of carbonyl (C=O) groups excluding carboxylic acids is 3. The summed E-state index contributed by atoms with van der Waals surface area (Å²) in [5.41, 5.74) is -1.28. The summed E-state index contributed by atoms with van der Waals surface area (Å²) in [5, 5.41) is 2.10. The van der Waals surface area contributed by atoms with E-state index in [1.807, 2.05) is 0 Å². The average molecular weight is 283 g/mol. The average Bonchev–Trinajstić information content (AvgIpc) is 2.37. The van der Waals surface area contributed by atoms with E-state index in [1.165, 1.54) is 0 Å². The Bertz CT molecular complexity index is 490. The molecule has 0 spiro atoms. The van der Waals surface area contributed by atoms with Crippen LogP contribution in [0.4, 0.5) is 0 Å². The molecular weight excluding hydrogens is 272 g/mol. The normalized spacial score (nSPS) is 16.8. The molecule has 1 aromatic rings. The summed E-state index contributed by atoms with van der Waals surface area (Å²) in [7, 11) is 0. The minimum atomic E-state index is -1.28. The van der Waals surface area contributed by atoms with E-state index in [9.17, 15) is 14.4 Å². The highest BCUT2D eigenvalue weighted by atomic mass is 35.5. The van der Waals surface area contributed by atoms with E-state index in [0.717, 1.165) is 4.90 Å². The Morgan fingerprint density at radius 3 is 2.37 bits per heavy atom. The summed E-state index contributed by atoms with van der Waals surface area (Å²) in [5.74, 6) is -1.25. The van der Waals surface area contributed by atoms with Crippen LogP contribution in [0, 0.1) is 0 Å². The van der Waals surface area contributed by atoms with Crippen molar-refractivity contribution in [3.8, 4) is 5.75 Å². The highest BCUT2D eigenvalue weighted by Gasteiger charge is 2.31. The molecule has 7 heteroatoms. The van der Waals surface area contributed by atoms with E-state index in [4.69, 9.17) is 16.3 Å². The van der Waals surface area contributed by atoms with E-state index in [2.05, 4.69) is 5.32 Å². The lowest BCUT2D eigenvalue weighted by molar-refractivity contribution is -0.147. The van der Waals surface area contributed by atoms with Gasteiger partial charge in [-0.15, -0.1) is 0 Å². The smallest absolute Gasteiger partial charge is 0.280 e. The lowest BCUT2D eigenvalue weighted by Gasteiger charge is -2.27. The Hall–Kier alpha value is -2.08. The van der Waals surface area contributed by atoms with Crippen LogP contribution in [-0.2, 0) is 14.4 Å². The van der Waals surface area contributed by atoms with Crippen LogP contribution < -0.4 is 10.1 Å². The molecule has 1 aromatic carbocycles. The standard InChI is InChI=1S/C12H11ClN2O4/c13-11(19-8-4-2-1-3-5-8)12(18)15-6-9(16)14-10(17)7-15/h1-5,11H,6-7H2,(H,14,16,17). The number of hydrogen-bond donors (Lipinski definition) is 1. The van der Waals surface area contributed by atoms with Crippen molar-refractivity contribution in [3.63, 3.8) is 0 Å². The fourth-order valence-electron chi connectivity index (χ4n) is 1.61. The van der Waals surface area contributed by atoms with Gasteiger partial charge in [0.05, 0.1) is 0 Å². The first-order chi connectivity index (χ1) is 9.06. The molecule has 1 unspecified atom stereocenters. The fourth-order valence-corrected chi connectivity index (χ4v) is 1.85. The third kappa shape index (κ3) is 3.45. The van der Waals surface area contributed by atoms with E-state index < -0.39 is 23.3 Å². The first-order valence-electron chi connectivity index (χ1n) is 5.53. The van der Waals surface area contributed by atoms with Gasteiger partial charge < -0.3 is 9.64 Å². The number of nitrogens with one attached hydrogen (secondary N) is 1. The molecule has 100 valence electrons. The molecule has 1 fully saturated rings. The number of nitrogens with zero attached hydrogens (tertiary/aromatic N) is 1. The fraction of sp³-hybridized carbons (Fsp3) is 0.250. The van der Waals surface area contributed by atoms with Crippen LogP contribution >= 0.6 is 11.6 Å². The Morgan fingerprint density at radius 1 is 1.21 bits per heavy atom. The third-order valence-corrected chi connectivity index (χ3v) is 2.71. The highest BCUT2D eigenvalue weighted by molar-refractivity contribution is 6.30. The Morgan fingerprint density at radius 2 is 1.79 bits per heavy atom. The number of imide groups is 1. The number of piperazine rings is 1. The second-order valence-electron chi connectivity index (χ2n) is 3.91. The van der Waals surface area contributed by atoms with Gasteiger partial charge >= 0.3 is 0 Å². The van der Waals surface area contributed by atoms with Gasteiger partial charge in [0.1, 0.15) is 18.8 Å². The number of rotatable bonds is 3. The maximum absolute atomic E-state index is 11.9. The van der Waals surface area contributed by atoms with Crippen LogP contribution in [0.15, 0.2) is 30.3 Å². The molecule has 1 aliphatic rings. The maximum atomic E-state index is 11.9. The molecule has 1 atom stereocenters. The first-order valence-corrected chi connectivity index (χ1v) is 5.97. The van der Waals surface area contributed by atoms with Crippen molar-refractivity contribution in [2.24, 2.45) is 0 Å².